The van der Waals surface area contributed by atoms with Crippen LogP contribution in [0.2, 0.25) is 5.02 Å². The maximum absolute atomic E-state index is 16.2. The van der Waals surface area contributed by atoms with Gasteiger partial charge in [0.15, 0.2) is 29.9 Å². The van der Waals surface area contributed by atoms with Crippen molar-refractivity contribution >= 4 is 71.1 Å². The van der Waals surface area contributed by atoms with Crippen LogP contribution in [0.15, 0.2) is 109 Å². The van der Waals surface area contributed by atoms with Crippen molar-refractivity contribution in [2.45, 2.75) is 156 Å². The van der Waals surface area contributed by atoms with E-state index in [4.69, 9.17) is 51.5 Å². The molecule has 7 aliphatic heterocycles. The SMILES string of the molecule is CN[C@H](CC(C)C)C(=O)N[C@H]1C(=O)N[C@@H](CC(N)=O)C(=O)N[C@H]2C(=O)N[C@H]3C(=O)N[C@H](C(=O)N[C@H](C(=O)O)c4cc(O)cc(O)c4-c4cc3ccc4O)[C@H](O)c3ccc(c(Cl)c3)Oc3cc2cc(c3O[C@@H]2O[C@H](CO)[C@@H](O)[C@H](O)[C@H]2O[C@H]2C[C@](C)(N)[C@H](O)[C@H](C)O2)Oc2ccc(cc2/C=C/c2ccccc2)[C@H]1O. The van der Waals surface area contributed by atoms with Crippen LogP contribution in [0.25, 0.3) is 23.3 Å². The standard InChI is InChI=1S/C74H82ClN9O24/c1-30(2)19-42(78-5)66(95)83-57-59(90)35-14-17-46(33(20-35)12-11-32-9-7-6-8-10-32)104-48-23-37-24-49(63(48)108-73-64(62(93)61(92)50(29-85)106-73)107-52-28-74(4,77)65(94)31(3)103-52)105-47-18-15-36(22-41(47)75)60(91)58-71(100)82-56(72(101)102)40-25-38(86)26-45(88)53(40)39-21-34(13-16-44(39)87)54(68(97)84-58)81-69(98)55(37)80-67(96)43(27-51(76)89)79-70(57)99/h6-18,20-26,30-31,42-43,50,52,54-62,64-65,73,78,85-88,90-94H,19,27-29,77H2,1-5H3,(H2,76,89)(H,79,99)(H,80,96)(H,81,98)(H,82,100)(H,83,95)(H,84,97)(H,101,102)/b12-11+/t31-,42+,43-,50+,52-,54+,55+,56-,57+,58-,59+,60+,61+,62-,64+,65+,73-,74-/m0/s1. The summed E-state index contributed by atoms with van der Waals surface area (Å²) in [6.45, 7) is 5.72. The van der Waals surface area contributed by atoms with Crippen LogP contribution in [0.1, 0.15) is 116 Å². The number of carbonyl (C=O) groups excluding carboxylic acids is 7. The van der Waals surface area contributed by atoms with Crippen LogP contribution in [0, 0.1) is 5.92 Å². The second kappa shape index (κ2) is 32.5. The van der Waals surface area contributed by atoms with E-state index < -0.39 is 231 Å². The fraction of sp³-hybridized carbons (Fsp3) is 0.378. The molecule has 6 aromatic rings. The van der Waals surface area contributed by atoms with Crippen molar-refractivity contribution in [1.29, 1.82) is 0 Å². The van der Waals surface area contributed by atoms with Crippen LogP contribution in [0.4, 0.5) is 0 Å². The van der Waals surface area contributed by atoms with E-state index >= 15 is 19.2 Å². The van der Waals surface area contributed by atoms with Crippen LogP contribution < -0.4 is 62.9 Å². The quantitative estimate of drug-likeness (QED) is 0.0650. The van der Waals surface area contributed by atoms with Gasteiger partial charge < -0.3 is 128 Å². The van der Waals surface area contributed by atoms with Crippen LogP contribution in [-0.2, 0) is 52.6 Å². The summed E-state index contributed by atoms with van der Waals surface area (Å²) in [5.74, 6) is -15.6. The van der Waals surface area contributed by atoms with E-state index in [0.717, 1.165) is 60.7 Å². The van der Waals surface area contributed by atoms with Crippen LogP contribution in [-0.4, -0.2) is 191 Å². The van der Waals surface area contributed by atoms with Crippen molar-refractivity contribution in [3.05, 3.63) is 153 Å². The molecule has 0 spiro atoms. The zero-order valence-corrected chi connectivity index (χ0v) is 59.2. The van der Waals surface area contributed by atoms with Gasteiger partial charge in [-0.1, -0.05) is 86.1 Å². The predicted octanol–water partition coefficient (Wildman–Crippen LogP) is 1.62. The van der Waals surface area contributed by atoms with E-state index in [2.05, 4.69) is 37.2 Å². The molecule has 6 aromatic carbocycles. The first-order chi connectivity index (χ1) is 51.2. The minimum Gasteiger partial charge on any atom is -0.508 e. The number of fused-ring (bicyclic) bond motifs is 15. The van der Waals surface area contributed by atoms with Crippen LogP contribution >= 0.6 is 11.6 Å². The summed E-state index contributed by atoms with van der Waals surface area (Å²) in [4.78, 5) is 118. The number of phenolic OH excluding ortho intramolecular Hbond substituents is 3. The first-order valence-corrected chi connectivity index (χ1v) is 34.6. The molecule has 0 radical (unpaired) electrons. The number of carboxylic acids is 1. The third kappa shape index (κ3) is 16.9. The number of aliphatic hydroxyl groups excluding tert-OH is 6. The molecule has 2 fully saturated rings. The summed E-state index contributed by atoms with van der Waals surface area (Å²) in [6, 6.07) is 8.75. The zero-order valence-electron chi connectivity index (χ0n) is 58.5. The van der Waals surface area contributed by atoms with Gasteiger partial charge in [0.05, 0.1) is 36.3 Å². The second-order valence-corrected chi connectivity index (χ2v) is 28.0. The van der Waals surface area contributed by atoms with Gasteiger partial charge in [0.2, 0.25) is 53.4 Å². The number of phenols is 3. The summed E-state index contributed by atoms with van der Waals surface area (Å²) >= 11 is 7.14. The van der Waals surface area contributed by atoms with Gasteiger partial charge in [-0.05, 0) is 116 Å². The first-order valence-electron chi connectivity index (χ1n) is 34.3. The number of benzene rings is 6. The Hall–Kier alpha value is -10.5. The van der Waals surface area contributed by atoms with Crippen LogP contribution in [0.5, 0.6) is 46.0 Å². The average molecular weight is 1520 g/mol. The van der Waals surface area contributed by atoms with Crippen LogP contribution in [0.3, 0.4) is 0 Å². The van der Waals surface area contributed by atoms with E-state index in [1.165, 1.54) is 45.2 Å². The number of nitrogens with two attached hydrogens (primary N) is 2. The Morgan fingerprint density at radius 1 is 0.713 bits per heavy atom. The van der Waals surface area contributed by atoms with E-state index in [1.807, 2.05) is 13.8 Å². The third-order valence-corrected chi connectivity index (χ3v) is 19.4. The molecule has 7 heterocycles. The lowest BCUT2D eigenvalue weighted by Gasteiger charge is -2.47. The minimum absolute atomic E-state index is 0.0718. The number of primary amides is 1. The largest absolute Gasteiger partial charge is 0.508 e. The minimum atomic E-state index is -2.35. The smallest absolute Gasteiger partial charge is 0.330 e. The number of likely N-dealkylation sites (N-methyl/N-ethyl adjacent to an activating group) is 1. The lowest BCUT2D eigenvalue weighted by atomic mass is 9.86. The lowest BCUT2D eigenvalue weighted by molar-refractivity contribution is -0.333. The van der Waals surface area contributed by atoms with E-state index in [1.54, 1.807) is 36.4 Å². The first kappa shape index (κ1) is 78.5. The van der Waals surface area contributed by atoms with Gasteiger partial charge in [-0.25, -0.2) is 4.79 Å². The number of nitrogens with one attached hydrogen (secondary N) is 7. The van der Waals surface area contributed by atoms with Crippen molar-refractivity contribution in [3.8, 4) is 57.1 Å². The number of ether oxygens (including phenoxy) is 6. The fourth-order valence-electron chi connectivity index (χ4n) is 13.4. The number of aliphatic carboxylic acids is 1. The number of aromatic hydroxyl groups is 3. The number of hydrogen-bond acceptors (Lipinski definition) is 25. The molecule has 21 N–H and O–H groups in total. The summed E-state index contributed by atoms with van der Waals surface area (Å²) < 4.78 is 39.2. The summed E-state index contributed by atoms with van der Waals surface area (Å²) in [5, 5.41) is 133. The van der Waals surface area contributed by atoms with Crippen molar-refractivity contribution in [2.24, 2.45) is 17.4 Å². The highest BCUT2D eigenvalue weighted by atomic mass is 35.5. The Labute approximate surface area is 621 Å². The third-order valence-electron chi connectivity index (χ3n) is 19.1. The number of rotatable bonds is 15. The van der Waals surface area contributed by atoms with Gasteiger partial charge in [0.1, 0.15) is 89.5 Å². The zero-order chi connectivity index (χ0) is 78.1. The highest BCUT2D eigenvalue weighted by Crippen LogP contribution is 2.50. The predicted molar refractivity (Wildman–Crippen MR) is 380 cm³/mol. The fourth-order valence-corrected chi connectivity index (χ4v) is 13.7. The van der Waals surface area contributed by atoms with Gasteiger partial charge in [0, 0.05) is 40.3 Å². The number of aliphatic hydroxyl groups is 6. The van der Waals surface area contributed by atoms with E-state index in [0.29, 0.717) is 5.56 Å². The van der Waals surface area contributed by atoms with Crippen molar-refractivity contribution in [2.75, 3.05) is 13.7 Å². The van der Waals surface area contributed by atoms with Gasteiger partial charge in [-0.3, -0.25) is 33.6 Å². The topological polar surface area (TPSA) is 530 Å². The monoisotopic (exact) mass is 1520 g/mol. The average Bonchev–Trinajstić information content (AvgIpc) is 0.768. The molecule has 0 aliphatic carbocycles. The van der Waals surface area contributed by atoms with Gasteiger partial charge in [-0.15, -0.1) is 0 Å². The van der Waals surface area contributed by atoms with E-state index in [9.17, 15) is 70.2 Å². The Morgan fingerprint density at radius 3 is 2.01 bits per heavy atom. The Bertz CT molecular complexity index is 4490. The van der Waals surface area contributed by atoms with Crippen molar-refractivity contribution < 1.29 is 118 Å². The molecule has 108 heavy (non-hydrogen) atoms. The molecule has 0 saturated carbocycles. The van der Waals surface area contributed by atoms with Gasteiger partial charge >= 0.3 is 5.97 Å². The highest BCUT2D eigenvalue weighted by Gasteiger charge is 2.52. The molecule has 0 unspecified atom stereocenters. The summed E-state index contributed by atoms with van der Waals surface area (Å²) in [6.07, 6.45) is -15.4. The van der Waals surface area contributed by atoms with Gasteiger partial charge in [-0.2, -0.15) is 0 Å². The molecule has 18 atom stereocenters. The number of carbonyl (C=O) groups is 8. The van der Waals surface area contributed by atoms with E-state index in [-0.39, 0.29) is 52.5 Å². The normalized spacial score (nSPS) is 28.3. The molecule has 0 aromatic heterocycles. The Balaban J connectivity index is 1.20. The molecule has 7 aliphatic rings. The highest BCUT2D eigenvalue weighted by molar-refractivity contribution is 6.32. The second-order valence-electron chi connectivity index (χ2n) is 27.6. The Kier molecular flexibility index (Phi) is 23.6. The molecule has 7 amide bonds. The summed E-state index contributed by atoms with van der Waals surface area (Å²) in [7, 11) is 1.49. The molecule has 11 bridgehead atoms. The lowest BCUT2D eigenvalue weighted by Crippen LogP contribution is -2.64. The molecule has 13 rings (SSSR count). The molecule has 34 heteroatoms. The molecular weight excluding hydrogens is 1430 g/mol. The van der Waals surface area contributed by atoms with Crippen molar-refractivity contribution in [3.63, 3.8) is 0 Å². The molecule has 574 valence electrons. The summed E-state index contributed by atoms with van der Waals surface area (Å²) in [5.41, 5.74) is 8.96. The van der Waals surface area contributed by atoms with Gasteiger partial charge in [0.25, 0.3) is 0 Å². The van der Waals surface area contributed by atoms with Crippen molar-refractivity contribution in [1.82, 2.24) is 37.2 Å². The number of carboxylic acid groups (broad SMARTS) is 1. The number of amides is 7. The molecular formula is C74H82ClN9O24. The molecule has 33 nitrogen and oxygen atoms in total. The maximum Gasteiger partial charge on any atom is 0.330 e. The number of halogens is 1. The molecule has 2 saturated heterocycles. The Morgan fingerprint density at radius 2 is 1.36 bits per heavy atom. The maximum atomic E-state index is 16.2. The number of hydrogen-bond donors (Lipinski definition) is 19.